The van der Waals surface area contributed by atoms with Crippen molar-refractivity contribution in [2.75, 3.05) is 19.7 Å². The molecule has 0 aliphatic carbocycles. The Bertz CT molecular complexity index is 660. The normalized spacial score (nSPS) is 21.1. The first-order chi connectivity index (χ1) is 11.1. The van der Waals surface area contributed by atoms with Crippen LogP contribution in [0.1, 0.15) is 17.9 Å². The maximum atomic E-state index is 13.1. The summed E-state index contributed by atoms with van der Waals surface area (Å²) in [5.41, 5.74) is 1.12. The summed E-state index contributed by atoms with van der Waals surface area (Å²) in [7, 11) is 0. The first-order valence-electron chi connectivity index (χ1n) is 7.74. The number of piperidine rings is 1. The number of phenolic OH excluding ortho intramolecular Hbond substituents is 2. The second-order valence-electron chi connectivity index (χ2n) is 5.87. The van der Waals surface area contributed by atoms with E-state index >= 15 is 0 Å². The van der Waals surface area contributed by atoms with Crippen LogP contribution in [0.15, 0.2) is 42.5 Å². The highest BCUT2D eigenvalue weighted by Crippen LogP contribution is 2.32. The zero-order valence-corrected chi connectivity index (χ0v) is 12.7. The molecule has 1 fully saturated rings. The van der Waals surface area contributed by atoms with Gasteiger partial charge in [-0.1, -0.05) is 12.1 Å². The maximum absolute atomic E-state index is 13.1. The molecule has 0 saturated carbocycles. The van der Waals surface area contributed by atoms with Gasteiger partial charge in [0.2, 0.25) is 0 Å². The topological polar surface area (TPSA) is 61.7 Å². The second kappa shape index (κ2) is 6.87. The summed E-state index contributed by atoms with van der Waals surface area (Å²) >= 11 is 0. The predicted octanol–water partition coefficient (Wildman–Crippen LogP) is 3.01. The van der Waals surface area contributed by atoms with Crippen LogP contribution in [-0.4, -0.2) is 29.9 Å². The standard InChI is InChI=1S/C18H20FNO3/c19-14-3-1-12(2-4-14)16-7-8-20-10-13(16)11-23-15-5-6-17(21)18(22)9-15/h1-6,9,13,16,20-22H,7-8,10-11H2/t13-,16-/m0/s1. The second-order valence-corrected chi connectivity index (χ2v) is 5.87. The van der Waals surface area contributed by atoms with E-state index in [2.05, 4.69) is 5.32 Å². The fraction of sp³-hybridized carbons (Fsp3) is 0.333. The van der Waals surface area contributed by atoms with Crippen molar-refractivity contribution in [1.82, 2.24) is 5.32 Å². The van der Waals surface area contributed by atoms with E-state index in [9.17, 15) is 14.6 Å². The van der Waals surface area contributed by atoms with Crippen LogP contribution in [-0.2, 0) is 0 Å². The average molecular weight is 317 g/mol. The quantitative estimate of drug-likeness (QED) is 0.759. The molecule has 122 valence electrons. The molecule has 0 bridgehead atoms. The van der Waals surface area contributed by atoms with E-state index < -0.39 is 0 Å². The highest BCUT2D eigenvalue weighted by molar-refractivity contribution is 5.43. The Morgan fingerprint density at radius 3 is 2.61 bits per heavy atom. The smallest absolute Gasteiger partial charge is 0.161 e. The summed E-state index contributed by atoms with van der Waals surface area (Å²) < 4.78 is 18.9. The molecule has 1 aliphatic heterocycles. The van der Waals surface area contributed by atoms with Gasteiger partial charge in [0.1, 0.15) is 11.6 Å². The first-order valence-corrected chi connectivity index (χ1v) is 7.74. The summed E-state index contributed by atoms with van der Waals surface area (Å²) in [4.78, 5) is 0. The largest absolute Gasteiger partial charge is 0.504 e. The van der Waals surface area contributed by atoms with Gasteiger partial charge in [-0.25, -0.2) is 4.39 Å². The molecule has 1 saturated heterocycles. The SMILES string of the molecule is Oc1ccc(OC[C@@H]2CNCC[C@H]2c2ccc(F)cc2)cc1O. The Hall–Kier alpha value is -2.27. The molecular formula is C18H20FNO3. The van der Waals surface area contributed by atoms with Crippen LogP contribution in [0.2, 0.25) is 0 Å². The van der Waals surface area contributed by atoms with Crippen LogP contribution < -0.4 is 10.1 Å². The van der Waals surface area contributed by atoms with Gasteiger partial charge in [-0.15, -0.1) is 0 Å². The van der Waals surface area contributed by atoms with E-state index in [4.69, 9.17) is 4.74 Å². The van der Waals surface area contributed by atoms with Crippen molar-refractivity contribution in [3.05, 3.63) is 53.8 Å². The lowest BCUT2D eigenvalue weighted by Gasteiger charge is -2.32. The average Bonchev–Trinajstić information content (AvgIpc) is 2.57. The lowest BCUT2D eigenvalue weighted by atomic mass is 9.81. The van der Waals surface area contributed by atoms with Crippen molar-refractivity contribution in [2.24, 2.45) is 5.92 Å². The van der Waals surface area contributed by atoms with E-state index in [-0.39, 0.29) is 23.2 Å². The minimum Gasteiger partial charge on any atom is -0.504 e. The molecular weight excluding hydrogens is 297 g/mol. The van der Waals surface area contributed by atoms with Crippen LogP contribution in [0.5, 0.6) is 17.2 Å². The molecule has 1 heterocycles. The molecule has 0 unspecified atom stereocenters. The van der Waals surface area contributed by atoms with Gasteiger partial charge in [-0.3, -0.25) is 0 Å². The van der Waals surface area contributed by atoms with Gasteiger partial charge in [0.05, 0.1) is 6.61 Å². The van der Waals surface area contributed by atoms with Gasteiger partial charge in [0.15, 0.2) is 11.5 Å². The van der Waals surface area contributed by atoms with Crippen molar-refractivity contribution in [2.45, 2.75) is 12.3 Å². The molecule has 4 nitrogen and oxygen atoms in total. The molecule has 0 spiro atoms. The third-order valence-electron chi connectivity index (χ3n) is 4.32. The van der Waals surface area contributed by atoms with Crippen LogP contribution in [0, 0.1) is 11.7 Å². The zero-order chi connectivity index (χ0) is 16.2. The summed E-state index contributed by atoms with van der Waals surface area (Å²) in [6.07, 6.45) is 0.973. The van der Waals surface area contributed by atoms with Crippen molar-refractivity contribution in [1.29, 1.82) is 0 Å². The molecule has 23 heavy (non-hydrogen) atoms. The lowest BCUT2D eigenvalue weighted by Crippen LogP contribution is -2.38. The summed E-state index contributed by atoms with van der Waals surface area (Å²) in [6.45, 7) is 2.24. The van der Waals surface area contributed by atoms with Gasteiger partial charge in [-0.05, 0) is 48.7 Å². The molecule has 2 aromatic carbocycles. The summed E-state index contributed by atoms with van der Waals surface area (Å²) in [5, 5.41) is 22.2. The maximum Gasteiger partial charge on any atom is 0.161 e. The van der Waals surface area contributed by atoms with Gasteiger partial charge in [-0.2, -0.15) is 0 Å². The highest BCUT2D eigenvalue weighted by atomic mass is 19.1. The van der Waals surface area contributed by atoms with Crippen LogP contribution in [0.4, 0.5) is 4.39 Å². The Morgan fingerprint density at radius 2 is 1.87 bits per heavy atom. The summed E-state index contributed by atoms with van der Waals surface area (Å²) in [5.74, 6) is 0.492. The van der Waals surface area contributed by atoms with Crippen molar-refractivity contribution in [3.8, 4) is 17.2 Å². The van der Waals surface area contributed by atoms with Crippen LogP contribution in [0.25, 0.3) is 0 Å². The summed E-state index contributed by atoms with van der Waals surface area (Å²) in [6, 6.07) is 11.1. The number of nitrogens with one attached hydrogen (secondary N) is 1. The molecule has 0 amide bonds. The van der Waals surface area contributed by atoms with E-state index in [0.29, 0.717) is 18.3 Å². The zero-order valence-electron chi connectivity index (χ0n) is 12.7. The van der Waals surface area contributed by atoms with E-state index in [0.717, 1.165) is 25.1 Å². The third-order valence-corrected chi connectivity index (χ3v) is 4.32. The third kappa shape index (κ3) is 3.74. The number of ether oxygens (including phenoxy) is 1. The molecule has 3 rings (SSSR count). The van der Waals surface area contributed by atoms with Gasteiger partial charge >= 0.3 is 0 Å². The minimum absolute atomic E-state index is 0.166. The lowest BCUT2D eigenvalue weighted by molar-refractivity contribution is 0.196. The number of rotatable bonds is 4. The fourth-order valence-electron chi connectivity index (χ4n) is 3.04. The number of aromatic hydroxyl groups is 2. The Morgan fingerprint density at radius 1 is 1.09 bits per heavy atom. The monoisotopic (exact) mass is 317 g/mol. The Kier molecular flexibility index (Phi) is 4.67. The molecule has 2 aromatic rings. The van der Waals surface area contributed by atoms with E-state index in [1.54, 1.807) is 6.07 Å². The minimum atomic E-state index is -0.227. The number of hydrogen-bond acceptors (Lipinski definition) is 4. The van der Waals surface area contributed by atoms with Crippen molar-refractivity contribution < 1.29 is 19.3 Å². The highest BCUT2D eigenvalue weighted by Gasteiger charge is 2.27. The van der Waals surface area contributed by atoms with Crippen molar-refractivity contribution >= 4 is 0 Å². The first kappa shape index (κ1) is 15.6. The molecule has 1 aliphatic rings. The van der Waals surface area contributed by atoms with Crippen LogP contribution >= 0.6 is 0 Å². The van der Waals surface area contributed by atoms with Crippen molar-refractivity contribution in [3.63, 3.8) is 0 Å². The van der Waals surface area contributed by atoms with E-state index in [1.807, 2.05) is 12.1 Å². The number of hydrogen-bond donors (Lipinski definition) is 3. The Labute approximate surface area is 134 Å². The Balaban J connectivity index is 1.69. The molecule has 2 atom stereocenters. The molecule has 0 radical (unpaired) electrons. The number of benzene rings is 2. The molecule has 0 aromatic heterocycles. The van der Waals surface area contributed by atoms with Gasteiger partial charge < -0.3 is 20.3 Å². The van der Waals surface area contributed by atoms with E-state index in [1.165, 1.54) is 24.3 Å². The van der Waals surface area contributed by atoms with Gasteiger partial charge in [0, 0.05) is 18.5 Å². The number of halogens is 1. The molecule has 3 N–H and O–H groups in total. The van der Waals surface area contributed by atoms with Gasteiger partial charge in [0.25, 0.3) is 0 Å². The molecule has 5 heteroatoms. The predicted molar refractivity (Wildman–Crippen MR) is 85.4 cm³/mol. The fourth-order valence-corrected chi connectivity index (χ4v) is 3.04. The van der Waals surface area contributed by atoms with Crippen LogP contribution in [0.3, 0.4) is 0 Å². The number of phenols is 2.